The van der Waals surface area contributed by atoms with E-state index in [4.69, 9.17) is 0 Å². The van der Waals surface area contributed by atoms with Gasteiger partial charge in [0.15, 0.2) is 0 Å². The predicted molar refractivity (Wildman–Crippen MR) is 91.1 cm³/mol. The molecule has 0 aliphatic carbocycles. The number of hydrogen-bond acceptors (Lipinski definition) is 4. The van der Waals surface area contributed by atoms with Crippen LogP contribution in [0.15, 0.2) is 17.2 Å². The number of phenols is 1. The summed E-state index contributed by atoms with van der Waals surface area (Å²) in [4.78, 5) is 12.8. The minimum absolute atomic E-state index is 0.0666. The van der Waals surface area contributed by atoms with Crippen LogP contribution in [0.5, 0.6) is 5.75 Å². The molecule has 5 nitrogen and oxygen atoms in total. The van der Waals surface area contributed by atoms with Crippen molar-refractivity contribution < 1.29 is 23.8 Å². The third-order valence-corrected chi connectivity index (χ3v) is 4.38. The molecule has 0 aromatic heterocycles. The highest BCUT2D eigenvalue weighted by Gasteiger charge is 2.51. The Morgan fingerprint density at radius 3 is 2.32 bits per heavy atom. The van der Waals surface area contributed by atoms with Gasteiger partial charge in [0.2, 0.25) is 5.72 Å². The Morgan fingerprint density at radius 1 is 1.24 bits per heavy atom. The molecule has 0 saturated carbocycles. The molecule has 2 rings (SSSR count). The van der Waals surface area contributed by atoms with Crippen LogP contribution in [0.3, 0.4) is 0 Å². The molecule has 1 heterocycles. The van der Waals surface area contributed by atoms with Crippen molar-refractivity contribution in [1.82, 2.24) is 5.01 Å². The Morgan fingerprint density at radius 2 is 1.84 bits per heavy atom. The highest BCUT2D eigenvalue weighted by Crippen LogP contribution is 2.37. The number of carbonyl (C=O) groups excluding carboxylic acids is 1. The number of carbonyl (C=O) groups is 1. The van der Waals surface area contributed by atoms with E-state index < -0.39 is 24.5 Å². The summed E-state index contributed by atoms with van der Waals surface area (Å²) in [7, 11) is 0. The van der Waals surface area contributed by atoms with Crippen molar-refractivity contribution >= 4 is 11.6 Å². The summed E-state index contributed by atoms with van der Waals surface area (Å²) in [5, 5.41) is 24.9. The molecular weight excluding hydrogens is 330 g/mol. The maximum absolute atomic E-state index is 13.4. The molecule has 2 N–H and O–H groups in total. The number of phenolic OH excluding ortho intramolecular Hbond substituents is 1. The van der Waals surface area contributed by atoms with Gasteiger partial charge in [0, 0.05) is 12.1 Å². The van der Waals surface area contributed by atoms with Gasteiger partial charge in [-0.25, -0.2) is 8.78 Å². The van der Waals surface area contributed by atoms with Crippen molar-refractivity contribution in [1.29, 1.82) is 0 Å². The molecule has 0 spiro atoms. The number of alkyl halides is 2. The van der Waals surface area contributed by atoms with Crippen LogP contribution >= 0.6 is 0 Å². The van der Waals surface area contributed by atoms with Crippen LogP contribution in [-0.2, 0) is 0 Å². The van der Waals surface area contributed by atoms with Crippen LogP contribution < -0.4 is 0 Å². The minimum Gasteiger partial charge on any atom is -0.507 e. The molecule has 1 aliphatic heterocycles. The highest BCUT2D eigenvalue weighted by molar-refractivity contribution is 6.00. The van der Waals surface area contributed by atoms with Gasteiger partial charge in [-0.15, -0.1) is 0 Å². The summed E-state index contributed by atoms with van der Waals surface area (Å²) in [5.74, 6) is -1.20. The summed E-state index contributed by atoms with van der Waals surface area (Å²) in [6.45, 7) is 9.05. The zero-order valence-electron chi connectivity index (χ0n) is 15.0. The largest absolute Gasteiger partial charge is 0.507 e. The second kappa shape index (κ2) is 6.71. The van der Waals surface area contributed by atoms with E-state index in [1.54, 1.807) is 6.07 Å². The molecular formula is C18H24F2N2O3. The van der Waals surface area contributed by atoms with E-state index in [1.807, 2.05) is 27.7 Å². The molecule has 1 unspecified atom stereocenters. The Labute approximate surface area is 146 Å². The van der Waals surface area contributed by atoms with Crippen LogP contribution in [0.1, 0.15) is 74.4 Å². The Balaban J connectivity index is 2.59. The second-order valence-electron chi connectivity index (χ2n) is 7.12. The fourth-order valence-electron chi connectivity index (χ4n) is 2.87. The lowest BCUT2D eigenvalue weighted by atomic mass is 9.91. The molecule has 0 saturated heterocycles. The van der Waals surface area contributed by atoms with E-state index in [9.17, 15) is 23.8 Å². The van der Waals surface area contributed by atoms with Gasteiger partial charge in [0.1, 0.15) is 5.75 Å². The third kappa shape index (κ3) is 3.38. The minimum atomic E-state index is -3.18. The van der Waals surface area contributed by atoms with E-state index in [0.29, 0.717) is 10.6 Å². The SMILES string of the molecule is CC1=NN(C(=O)c2cc(C(C)C)cc(C(C)C)c2O)C(O)(C(F)F)C1. The smallest absolute Gasteiger partial charge is 0.287 e. The molecule has 25 heavy (non-hydrogen) atoms. The van der Waals surface area contributed by atoms with Gasteiger partial charge in [0.25, 0.3) is 12.3 Å². The lowest BCUT2D eigenvalue weighted by Crippen LogP contribution is -2.51. The molecule has 0 bridgehead atoms. The standard InChI is InChI=1S/C18H24F2N2O3/c1-9(2)12-6-13(10(3)4)15(23)14(7-12)16(24)22-18(25,17(19)20)8-11(5)21-22/h6-7,9-10,17,23,25H,8H2,1-5H3. The summed E-state index contributed by atoms with van der Waals surface area (Å²) in [6.07, 6.45) is -3.62. The third-order valence-electron chi connectivity index (χ3n) is 4.38. The summed E-state index contributed by atoms with van der Waals surface area (Å²) in [6, 6.07) is 3.28. The monoisotopic (exact) mass is 354 g/mol. The Hall–Kier alpha value is -2.02. The number of benzene rings is 1. The summed E-state index contributed by atoms with van der Waals surface area (Å²) < 4.78 is 26.7. The first-order chi connectivity index (χ1) is 11.5. The Bertz CT molecular complexity index is 717. The number of aliphatic hydroxyl groups is 1. The molecule has 0 fully saturated rings. The zero-order valence-corrected chi connectivity index (χ0v) is 15.0. The van der Waals surface area contributed by atoms with Gasteiger partial charge in [-0.3, -0.25) is 4.79 Å². The molecule has 0 radical (unpaired) electrons. The summed E-state index contributed by atoms with van der Waals surface area (Å²) in [5.41, 5.74) is -1.26. The lowest BCUT2D eigenvalue weighted by Gasteiger charge is -2.30. The predicted octanol–water partition coefficient (Wildman–Crippen LogP) is 3.81. The van der Waals surface area contributed by atoms with Crippen molar-refractivity contribution in [3.05, 3.63) is 28.8 Å². The van der Waals surface area contributed by atoms with Crippen molar-refractivity contribution in [2.45, 2.75) is 65.0 Å². The van der Waals surface area contributed by atoms with Crippen molar-refractivity contribution in [3.63, 3.8) is 0 Å². The van der Waals surface area contributed by atoms with Gasteiger partial charge in [-0.2, -0.15) is 10.1 Å². The van der Waals surface area contributed by atoms with E-state index in [2.05, 4.69) is 5.10 Å². The van der Waals surface area contributed by atoms with Crippen molar-refractivity contribution in [2.24, 2.45) is 5.10 Å². The number of nitrogens with zero attached hydrogens (tertiary/aromatic N) is 2. The first-order valence-corrected chi connectivity index (χ1v) is 8.25. The first kappa shape index (κ1) is 19.3. The van der Waals surface area contributed by atoms with Gasteiger partial charge < -0.3 is 10.2 Å². The topological polar surface area (TPSA) is 73.1 Å². The van der Waals surface area contributed by atoms with Gasteiger partial charge in [0.05, 0.1) is 5.56 Å². The van der Waals surface area contributed by atoms with E-state index >= 15 is 0 Å². The summed E-state index contributed by atoms with van der Waals surface area (Å²) >= 11 is 0. The number of hydrogen-bond donors (Lipinski definition) is 2. The van der Waals surface area contributed by atoms with Crippen LogP contribution in [0.2, 0.25) is 0 Å². The maximum Gasteiger partial charge on any atom is 0.287 e. The maximum atomic E-state index is 13.4. The second-order valence-corrected chi connectivity index (χ2v) is 7.12. The van der Waals surface area contributed by atoms with Gasteiger partial charge >= 0.3 is 0 Å². The van der Waals surface area contributed by atoms with Crippen LogP contribution in [0.4, 0.5) is 8.78 Å². The molecule has 1 amide bonds. The average molecular weight is 354 g/mol. The number of aromatic hydroxyl groups is 1. The molecule has 7 heteroatoms. The fraction of sp³-hybridized carbons (Fsp3) is 0.556. The number of halogens is 2. The van der Waals surface area contributed by atoms with E-state index in [0.717, 1.165) is 5.56 Å². The normalized spacial score (nSPS) is 20.8. The quantitative estimate of drug-likeness (QED) is 0.863. The van der Waals surface area contributed by atoms with Crippen LogP contribution in [0, 0.1) is 0 Å². The van der Waals surface area contributed by atoms with E-state index in [-0.39, 0.29) is 28.9 Å². The van der Waals surface area contributed by atoms with Crippen molar-refractivity contribution in [3.8, 4) is 5.75 Å². The van der Waals surface area contributed by atoms with Crippen molar-refractivity contribution in [2.75, 3.05) is 0 Å². The lowest BCUT2D eigenvalue weighted by molar-refractivity contribution is -0.164. The molecule has 1 aromatic carbocycles. The number of hydrazone groups is 1. The first-order valence-electron chi connectivity index (χ1n) is 8.25. The number of amides is 1. The average Bonchev–Trinajstić information content (AvgIpc) is 2.82. The molecule has 138 valence electrons. The number of rotatable bonds is 4. The highest BCUT2D eigenvalue weighted by atomic mass is 19.3. The fourth-order valence-corrected chi connectivity index (χ4v) is 2.87. The molecule has 1 aliphatic rings. The van der Waals surface area contributed by atoms with Gasteiger partial charge in [-0.05, 0) is 36.0 Å². The van der Waals surface area contributed by atoms with E-state index in [1.165, 1.54) is 13.0 Å². The van der Waals surface area contributed by atoms with Gasteiger partial charge in [-0.1, -0.05) is 33.8 Å². The van der Waals surface area contributed by atoms with Crippen LogP contribution in [-0.4, -0.2) is 39.0 Å². The van der Waals surface area contributed by atoms with Crippen LogP contribution in [0.25, 0.3) is 0 Å². The molecule has 1 atom stereocenters. The Kier molecular flexibility index (Phi) is 5.18. The molecule has 1 aromatic rings. The zero-order chi connectivity index (χ0) is 19.1.